The zero-order chi connectivity index (χ0) is 25.8. The molecule has 2 aromatic carbocycles. The zero-order valence-corrected chi connectivity index (χ0v) is 21.3. The summed E-state index contributed by atoms with van der Waals surface area (Å²) in [6, 6.07) is 17.1. The van der Waals surface area contributed by atoms with Gasteiger partial charge in [-0.15, -0.1) is 0 Å². The van der Waals surface area contributed by atoms with Gasteiger partial charge in [-0.1, -0.05) is 18.2 Å². The van der Waals surface area contributed by atoms with Crippen LogP contribution in [0.2, 0.25) is 0 Å². The minimum Gasteiger partial charge on any atom is -0.493 e. The number of aromatic nitrogens is 1. The topological polar surface area (TPSA) is 100 Å². The van der Waals surface area contributed by atoms with Crippen molar-refractivity contribution < 1.29 is 14.3 Å². The quantitative estimate of drug-likeness (QED) is 0.329. The van der Waals surface area contributed by atoms with Crippen LogP contribution in [-0.2, 0) is 4.79 Å². The Labute approximate surface area is 219 Å². The number of aliphatic imine (C=N–C) groups is 1. The first kappa shape index (κ1) is 24.5. The van der Waals surface area contributed by atoms with Gasteiger partial charge in [0.25, 0.3) is 5.91 Å². The number of nitrogens with one attached hydrogen (secondary N) is 1. The summed E-state index contributed by atoms with van der Waals surface area (Å²) < 4.78 is 11.6. The summed E-state index contributed by atoms with van der Waals surface area (Å²) in [6.45, 7) is 5.24. The Bertz CT molecular complexity index is 1430. The van der Waals surface area contributed by atoms with Crippen molar-refractivity contribution in [2.45, 2.75) is 20.3 Å². The number of rotatable bonds is 8. The van der Waals surface area contributed by atoms with E-state index in [0.29, 0.717) is 23.4 Å². The van der Waals surface area contributed by atoms with E-state index in [0.717, 1.165) is 29.0 Å². The number of nitrogens with zero attached hydrogens (tertiary/aromatic N) is 4. The van der Waals surface area contributed by atoms with Crippen molar-refractivity contribution in [3.8, 4) is 11.5 Å². The Balaban J connectivity index is 1.17. The number of aryl methyl sites for hydroxylation is 2. The molecule has 0 saturated carbocycles. The van der Waals surface area contributed by atoms with Gasteiger partial charge in [0.05, 0.1) is 18.8 Å². The average molecular weight is 512 g/mol. The molecule has 1 amide bonds. The molecule has 3 aromatic rings. The lowest BCUT2D eigenvalue weighted by atomic mass is 10.1. The molecule has 0 unspecified atom stereocenters. The van der Waals surface area contributed by atoms with E-state index in [-0.39, 0.29) is 11.4 Å². The van der Waals surface area contributed by atoms with E-state index >= 15 is 0 Å². The molecule has 0 spiro atoms. The van der Waals surface area contributed by atoms with E-state index in [4.69, 9.17) is 14.9 Å². The number of thioether (sulfide) groups is 1. The molecule has 8 nitrogen and oxygen atoms in total. The molecular formula is C28H25N5O3S. The number of fused-ring (bicyclic) bond motifs is 1. The van der Waals surface area contributed by atoms with Crippen molar-refractivity contribution in [2.75, 3.05) is 13.2 Å². The van der Waals surface area contributed by atoms with Gasteiger partial charge in [-0.2, -0.15) is 15.1 Å². The number of hydrogen-bond donors (Lipinski definition) is 1. The number of benzene rings is 2. The van der Waals surface area contributed by atoms with Gasteiger partial charge in [-0.05, 0) is 84.8 Å². The Hall–Kier alpha value is -4.24. The summed E-state index contributed by atoms with van der Waals surface area (Å²) in [7, 11) is 0. The molecule has 0 bridgehead atoms. The van der Waals surface area contributed by atoms with Crippen LogP contribution in [0.5, 0.6) is 11.5 Å². The molecule has 2 aliphatic heterocycles. The fraction of sp³-hybridized carbons (Fsp3) is 0.179. The highest BCUT2D eigenvalue weighted by atomic mass is 32.2. The summed E-state index contributed by atoms with van der Waals surface area (Å²) in [4.78, 5) is 20.9. The third kappa shape index (κ3) is 5.62. The van der Waals surface area contributed by atoms with Crippen LogP contribution < -0.4 is 9.47 Å². The molecular weight excluding hydrogens is 486 g/mol. The third-order valence-electron chi connectivity index (χ3n) is 5.86. The summed E-state index contributed by atoms with van der Waals surface area (Å²) in [5, 5.41) is 15.4. The van der Waals surface area contributed by atoms with Crippen molar-refractivity contribution >= 4 is 39.8 Å². The van der Waals surface area contributed by atoms with Gasteiger partial charge in [-0.25, -0.2) is 0 Å². The van der Waals surface area contributed by atoms with Crippen LogP contribution in [0.1, 0.15) is 28.7 Å². The second-order valence-corrected chi connectivity index (χ2v) is 9.49. The Morgan fingerprint density at radius 3 is 2.49 bits per heavy atom. The van der Waals surface area contributed by atoms with Gasteiger partial charge in [0.2, 0.25) is 5.17 Å². The Kier molecular flexibility index (Phi) is 7.14. The number of ether oxygens (including phenoxy) is 2. The average Bonchev–Trinajstić information content (AvgIpc) is 3.34. The number of carbonyl (C=O) groups excluding carboxylic acids is 1. The van der Waals surface area contributed by atoms with E-state index in [1.54, 1.807) is 18.5 Å². The van der Waals surface area contributed by atoms with Crippen molar-refractivity contribution in [1.82, 2.24) is 9.99 Å². The summed E-state index contributed by atoms with van der Waals surface area (Å²) >= 11 is 1.25. The van der Waals surface area contributed by atoms with Gasteiger partial charge in [-0.3, -0.25) is 15.2 Å². The van der Waals surface area contributed by atoms with E-state index in [1.165, 1.54) is 27.9 Å². The molecule has 0 radical (unpaired) electrons. The molecule has 0 saturated heterocycles. The molecule has 186 valence electrons. The van der Waals surface area contributed by atoms with Crippen LogP contribution >= 0.6 is 11.8 Å². The van der Waals surface area contributed by atoms with Gasteiger partial charge >= 0.3 is 0 Å². The van der Waals surface area contributed by atoms with Gasteiger partial charge < -0.3 is 9.47 Å². The second-order valence-electron chi connectivity index (χ2n) is 8.53. The number of amidine groups is 2. The Morgan fingerprint density at radius 1 is 1.00 bits per heavy atom. The number of carbonyl (C=O) groups is 1. The van der Waals surface area contributed by atoms with Gasteiger partial charge in [0, 0.05) is 24.4 Å². The monoisotopic (exact) mass is 511 g/mol. The van der Waals surface area contributed by atoms with Crippen LogP contribution in [0.4, 0.5) is 0 Å². The standard InChI is InChI=1S/C28H25N5O3S/c1-18-6-9-23(15-19(18)2)36-14-4-13-35-22-10-7-20(8-11-22)16-24-25(29)33-28(31-26(24)34)37-27(32-33)21-5-3-12-30-17-21/h3,5-12,15-17,29H,4,13-14H2,1-2H3/b24-16-,29-25?. The maximum Gasteiger partial charge on any atom is 0.283 e. The van der Waals surface area contributed by atoms with Crippen LogP contribution in [0.25, 0.3) is 6.08 Å². The second kappa shape index (κ2) is 10.8. The lowest BCUT2D eigenvalue weighted by Crippen LogP contribution is -2.35. The van der Waals surface area contributed by atoms with Crippen LogP contribution in [0.15, 0.2) is 82.7 Å². The van der Waals surface area contributed by atoms with Crippen molar-refractivity contribution in [1.29, 1.82) is 5.41 Å². The van der Waals surface area contributed by atoms with Crippen molar-refractivity contribution in [3.05, 3.63) is 94.8 Å². The molecule has 0 atom stereocenters. The molecule has 5 rings (SSSR count). The van der Waals surface area contributed by atoms with Crippen molar-refractivity contribution in [3.63, 3.8) is 0 Å². The molecule has 9 heteroatoms. The first-order valence-corrected chi connectivity index (χ1v) is 12.6. The predicted octanol–water partition coefficient (Wildman–Crippen LogP) is 5.21. The lowest BCUT2D eigenvalue weighted by Gasteiger charge is -2.20. The summed E-state index contributed by atoms with van der Waals surface area (Å²) in [5.41, 5.74) is 4.21. The smallest absolute Gasteiger partial charge is 0.283 e. The summed E-state index contributed by atoms with van der Waals surface area (Å²) in [6.07, 6.45) is 5.77. The third-order valence-corrected chi connectivity index (χ3v) is 6.82. The Morgan fingerprint density at radius 2 is 1.76 bits per heavy atom. The van der Waals surface area contributed by atoms with E-state index in [1.807, 2.05) is 48.5 Å². The maximum absolute atomic E-state index is 12.7. The van der Waals surface area contributed by atoms with Crippen LogP contribution in [0.3, 0.4) is 0 Å². The zero-order valence-electron chi connectivity index (χ0n) is 20.5. The maximum atomic E-state index is 12.7. The minimum absolute atomic E-state index is 0.00881. The largest absolute Gasteiger partial charge is 0.493 e. The molecule has 0 fully saturated rings. The number of pyridine rings is 1. The number of hydrogen-bond acceptors (Lipinski definition) is 7. The van der Waals surface area contributed by atoms with Gasteiger partial charge in [0.15, 0.2) is 5.84 Å². The minimum atomic E-state index is -0.463. The normalized spacial score (nSPS) is 15.9. The fourth-order valence-corrected chi connectivity index (χ4v) is 4.55. The molecule has 3 heterocycles. The SMILES string of the molecule is Cc1ccc(OCCCOc2ccc(/C=C3/C(=N)N4N=C(c5cccnc5)SC4=NC3=O)cc2)cc1C. The molecule has 1 aromatic heterocycles. The van der Waals surface area contributed by atoms with Gasteiger partial charge in [0.1, 0.15) is 16.5 Å². The number of hydrazone groups is 1. The lowest BCUT2D eigenvalue weighted by molar-refractivity contribution is -0.114. The van der Waals surface area contributed by atoms with Crippen molar-refractivity contribution in [2.24, 2.45) is 10.1 Å². The predicted molar refractivity (Wildman–Crippen MR) is 146 cm³/mol. The molecule has 0 aliphatic carbocycles. The van der Waals surface area contributed by atoms with E-state index in [9.17, 15) is 4.79 Å². The highest BCUT2D eigenvalue weighted by Gasteiger charge is 2.36. The first-order valence-electron chi connectivity index (χ1n) is 11.8. The van der Waals surface area contributed by atoms with Crippen LogP contribution in [0, 0.1) is 19.3 Å². The molecule has 1 N–H and O–H groups in total. The first-order chi connectivity index (χ1) is 18.0. The fourth-order valence-electron chi connectivity index (χ4n) is 3.67. The van der Waals surface area contributed by atoms with Crippen LogP contribution in [-0.4, -0.2) is 45.2 Å². The number of amides is 1. The summed E-state index contributed by atoms with van der Waals surface area (Å²) in [5.74, 6) is 1.12. The van der Waals surface area contributed by atoms with E-state index in [2.05, 4.69) is 35.0 Å². The molecule has 2 aliphatic rings. The highest BCUT2D eigenvalue weighted by Crippen LogP contribution is 2.30. The van der Waals surface area contributed by atoms with E-state index < -0.39 is 5.91 Å². The highest BCUT2D eigenvalue weighted by molar-refractivity contribution is 8.27. The molecule has 37 heavy (non-hydrogen) atoms.